The molecular weight excluding hydrogens is 409 g/mol. The van der Waals surface area contributed by atoms with Crippen LogP contribution in [0.15, 0.2) is 55.0 Å². The number of methoxy groups -OCH3 is 2. The molecule has 2 aromatic heterocycles. The second-order valence-corrected chi connectivity index (χ2v) is 6.91. The minimum Gasteiger partial charge on any atom is -0.492 e. The van der Waals surface area contributed by atoms with Crippen LogP contribution < -0.4 is 9.47 Å². The van der Waals surface area contributed by atoms with Crippen molar-refractivity contribution in [2.45, 2.75) is 13.3 Å². The van der Waals surface area contributed by atoms with Gasteiger partial charge in [0.25, 0.3) is 0 Å². The first kappa shape index (κ1) is 20.1. The van der Waals surface area contributed by atoms with Crippen molar-refractivity contribution in [3.63, 3.8) is 0 Å². The van der Waals surface area contributed by atoms with E-state index in [0.29, 0.717) is 34.6 Å². The first-order valence-electron chi connectivity index (χ1n) is 9.16. The van der Waals surface area contributed by atoms with Gasteiger partial charge in [-0.05, 0) is 17.7 Å². The van der Waals surface area contributed by atoms with Crippen molar-refractivity contribution >= 4 is 22.6 Å². The first-order chi connectivity index (χ1) is 14.6. The van der Waals surface area contributed by atoms with E-state index in [2.05, 4.69) is 9.97 Å². The zero-order chi connectivity index (χ0) is 21.1. The minimum absolute atomic E-state index is 0.0172. The highest BCUT2D eigenvalue weighted by molar-refractivity contribution is 6.32. The minimum atomic E-state index is -0.563. The summed E-state index contributed by atoms with van der Waals surface area (Å²) in [6, 6.07) is 13.0. The second-order valence-electron chi connectivity index (χ2n) is 6.50. The highest BCUT2D eigenvalue weighted by Gasteiger charge is 2.21. The average molecular weight is 428 g/mol. The van der Waals surface area contributed by atoms with Gasteiger partial charge >= 0.3 is 0 Å². The predicted molar refractivity (Wildman–Crippen MR) is 112 cm³/mol. The zero-order valence-electron chi connectivity index (χ0n) is 16.4. The summed E-state index contributed by atoms with van der Waals surface area (Å²) in [5.41, 5.74) is 3.06. The van der Waals surface area contributed by atoms with Gasteiger partial charge in [0.1, 0.15) is 24.1 Å². The fourth-order valence-electron chi connectivity index (χ4n) is 3.31. The Bertz CT molecular complexity index is 1180. The molecule has 0 N–H and O–H groups in total. The van der Waals surface area contributed by atoms with Crippen molar-refractivity contribution in [1.82, 2.24) is 14.5 Å². The standard InChI is InChI=1S/C22H19ClFN3O3/c1-28-21-17(23)9-8-15(18(21)24)16-10-27(13-30-11-14-6-4-3-5-7-14)20-19(16)25-12-26-22(20)29-2/h3-10,12H,11,13H2,1-2H3. The van der Waals surface area contributed by atoms with Crippen LogP contribution in [0.3, 0.4) is 0 Å². The summed E-state index contributed by atoms with van der Waals surface area (Å²) in [4.78, 5) is 8.54. The maximum Gasteiger partial charge on any atom is 0.241 e. The predicted octanol–water partition coefficient (Wildman–Crippen LogP) is 5.08. The third-order valence-corrected chi connectivity index (χ3v) is 4.99. The molecule has 0 aliphatic carbocycles. The maximum atomic E-state index is 15.1. The molecule has 30 heavy (non-hydrogen) atoms. The summed E-state index contributed by atoms with van der Waals surface area (Å²) in [6.45, 7) is 0.635. The van der Waals surface area contributed by atoms with Crippen LogP contribution in [0.4, 0.5) is 4.39 Å². The Morgan fingerprint density at radius 1 is 1.00 bits per heavy atom. The normalized spacial score (nSPS) is 11.1. The van der Waals surface area contributed by atoms with Crippen LogP contribution in [0.2, 0.25) is 5.02 Å². The molecule has 0 saturated carbocycles. The SMILES string of the molecule is COc1c(Cl)ccc(-c2cn(COCc3ccccc3)c3c(OC)ncnc23)c1F. The van der Waals surface area contributed by atoms with E-state index in [0.717, 1.165) is 5.56 Å². The largest absolute Gasteiger partial charge is 0.492 e. The topological polar surface area (TPSA) is 58.4 Å². The van der Waals surface area contributed by atoms with Gasteiger partial charge in [-0.15, -0.1) is 0 Å². The molecule has 0 saturated heterocycles. The lowest BCUT2D eigenvalue weighted by Crippen LogP contribution is -2.03. The fourth-order valence-corrected chi connectivity index (χ4v) is 3.54. The number of halogens is 2. The molecule has 0 amide bonds. The molecule has 0 bridgehead atoms. The first-order valence-corrected chi connectivity index (χ1v) is 9.53. The molecule has 0 spiro atoms. The Morgan fingerprint density at radius 2 is 1.80 bits per heavy atom. The summed E-state index contributed by atoms with van der Waals surface area (Å²) in [7, 11) is 2.90. The number of rotatable bonds is 7. The monoisotopic (exact) mass is 427 g/mol. The van der Waals surface area contributed by atoms with Gasteiger partial charge in [-0.1, -0.05) is 41.9 Å². The molecule has 8 heteroatoms. The van der Waals surface area contributed by atoms with E-state index >= 15 is 4.39 Å². The smallest absolute Gasteiger partial charge is 0.241 e. The van der Waals surface area contributed by atoms with Crippen LogP contribution in [-0.2, 0) is 18.1 Å². The van der Waals surface area contributed by atoms with Gasteiger partial charge in [-0.2, -0.15) is 4.98 Å². The van der Waals surface area contributed by atoms with Crippen LogP contribution in [-0.4, -0.2) is 28.8 Å². The van der Waals surface area contributed by atoms with Gasteiger partial charge in [0.15, 0.2) is 11.6 Å². The van der Waals surface area contributed by atoms with Crippen LogP contribution in [0.1, 0.15) is 5.56 Å². The number of aromatic nitrogens is 3. The second kappa shape index (κ2) is 8.69. The third kappa shape index (κ3) is 3.69. The molecule has 6 nitrogen and oxygen atoms in total. The van der Waals surface area contributed by atoms with Crippen molar-refractivity contribution in [3.8, 4) is 22.8 Å². The van der Waals surface area contributed by atoms with Crippen molar-refractivity contribution in [1.29, 1.82) is 0 Å². The average Bonchev–Trinajstić information content (AvgIpc) is 3.13. The molecule has 0 fully saturated rings. The van der Waals surface area contributed by atoms with E-state index in [9.17, 15) is 0 Å². The summed E-state index contributed by atoms with van der Waals surface area (Å²) in [6.07, 6.45) is 3.14. The van der Waals surface area contributed by atoms with E-state index < -0.39 is 5.82 Å². The maximum absolute atomic E-state index is 15.1. The lowest BCUT2D eigenvalue weighted by atomic mass is 10.1. The Kier molecular flexibility index (Phi) is 5.83. The number of benzene rings is 2. The molecule has 0 aliphatic heterocycles. The molecule has 2 aromatic carbocycles. The number of nitrogens with zero attached hydrogens (tertiary/aromatic N) is 3. The lowest BCUT2D eigenvalue weighted by molar-refractivity contribution is 0.0665. The van der Waals surface area contributed by atoms with E-state index in [4.69, 9.17) is 25.8 Å². The zero-order valence-corrected chi connectivity index (χ0v) is 17.2. The fraction of sp³-hybridized carbons (Fsp3) is 0.182. The Hall–Kier alpha value is -3.16. The van der Waals surface area contributed by atoms with E-state index in [1.807, 2.05) is 30.3 Å². The van der Waals surface area contributed by atoms with Gasteiger partial charge in [-0.25, -0.2) is 9.37 Å². The van der Waals surface area contributed by atoms with Crippen LogP contribution in [0, 0.1) is 5.82 Å². The summed E-state index contributed by atoms with van der Waals surface area (Å²) < 4.78 is 33.3. The van der Waals surface area contributed by atoms with Crippen molar-refractivity contribution in [2.75, 3.05) is 14.2 Å². The van der Waals surface area contributed by atoms with Crippen LogP contribution in [0.5, 0.6) is 11.6 Å². The summed E-state index contributed by atoms with van der Waals surface area (Å²) >= 11 is 6.05. The van der Waals surface area contributed by atoms with Gasteiger partial charge in [-0.3, -0.25) is 0 Å². The molecule has 0 aliphatic rings. The number of ether oxygens (including phenoxy) is 3. The lowest BCUT2D eigenvalue weighted by Gasteiger charge is -2.08. The van der Waals surface area contributed by atoms with Crippen molar-refractivity contribution in [3.05, 3.63) is 71.4 Å². The highest BCUT2D eigenvalue weighted by atomic mass is 35.5. The Labute approximate surface area is 177 Å². The van der Waals surface area contributed by atoms with Crippen molar-refractivity contribution in [2.24, 2.45) is 0 Å². The molecule has 4 rings (SSSR count). The summed E-state index contributed by atoms with van der Waals surface area (Å²) in [5.74, 6) is -0.209. The highest BCUT2D eigenvalue weighted by Crippen LogP contribution is 2.39. The van der Waals surface area contributed by atoms with E-state index in [-0.39, 0.29) is 17.5 Å². The molecular formula is C22H19ClFN3O3. The molecule has 154 valence electrons. The quantitative estimate of drug-likeness (QED) is 0.411. The van der Waals surface area contributed by atoms with E-state index in [1.54, 1.807) is 22.9 Å². The van der Waals surface area contributed by atoms with Gasteiger partial charge in [0, 0.05) is 17.3 Å². The molecule has 0 radical (unpaired) electrons. The molecule has 4 aromatic rings. The number of hydrogen-bond acceptors (Lipinski definition) is 5. The van der Waals surface area contributed by atoms with Crippen molar-refractivity contribution < 1.29 is 18.6 Å². The Balaban J connectivity index is 1.77. The molecule has 2 heterocycles. The number of hydrogen-bond donors (Lipinski definition) is 0. The summed E-state index contributed by atoms with van der Waals surface area (Å²) in [5, 5.41) is 0.195. The van der Waals surface area contributed by atoms with Gasteiger partial charge in [0.05, 0.1) is 25.8 Å². The van der Waals surface area contributed by atoms with E-state index in [1.165, 1.54) is 20.5 Å². The number of fused-ring (bicyclic) bond motifs is 1. The third-order valence-electron chi connectivity index (χ3n) is 4.69. The van der Waals surface area contributed by atoms with Crippen LogP contribution in [0.25, 0.3) is 22.2 Å². The Morgan fingerprint density at radius 3 is 2.53 bits per heavy atom. The van der Waals surface area contributed by atoms with Gasteiger partial charge < -0.3 is 18.8 Å². The van der Waals surface area contributed by atoms with Gasteiger partial charge in [0.2, 0.25) is 5.88 Å². The van der Waals surface area contributed by atoms with Crippen LogP contribution >= 0.6 is 11.6 Å². The molecule has 0 unspecified atom stereocenters. The molecule has 0 atom stereocenters.